The van der Waals surface area contributed by atoms with Crippen LogP contribution < -0.4 is 5.32 Å². The highest BCUT2D eigenvalue weighted by molar-refractivity contribution is 7.13. The topological polar surface area (TPSA) is 80.5 Å². The average molecular weight is 308 g/mol. The fraction of sp³-hybridized carbons (Fsp3) is 0.462. The van der Waals surface area contributed by atoms with Crippen LogP contribution in [0.5, 0.6) is 0 Å². The predicted molar refractivity (Wildman–Crippen MR) is 77.0 cm³/mol. The van der Waals surface area contributed by atoms with E-state index in [-0.39, 0.29) is 12.1 Å². The second-order valence-corrected chi connectivity index (χ2v) is 5.60. The summed E-state index contributed by atoms with van der Waals surface area (Å²) in [7, 11) is 0. The summed E-state index contributed by atoms with van der Waals surface area (Å²) in [5.41, 5.74) is 1.58. The minimum atomic E-state index is -0.223. The van der Waals surface area contributed by atoms with Gasteiger partial charge in [0, 0.05) is 13.2 Å². The van der Waals surface area contributed by atoms with Gasteiger partial charge >= 0.3 is 6.03 Å². The molecule has 1 fully saturated rings. The van der Waals surface area contributed by atoms with Gasteiger partial charge in [-0.25, -0.2) is 4.79 Å². The van der Waals surface area contributed by atoms with E-state index in [2.05, 4.69) is 15.5 Å². The predicted octanol–water partition coefficient (Wildman–Crippen LogP) is 2.34. The van der Waals surface area contributed by atoms with Crippen molar-refractivity contribution in [2.45, 2.75) is 25.5 Å². The Morgan fingerprint density at radius 2 is 2.52 bits per heavy atom. The molecule has 112 valence electrons. The number of carbonyl (C=O) groups excluding carboxylic acids is 1. The van der Waals surface area contributed by atoms with Gasteiger partial charge in [0.05, 0.1) is 18.9 Å². The Bertz CT molecular complexity index is 552. The summed E-state index contributed by atoms with van der Waals surface area (Å²) in [5, 5.41) is 10.8. The third kappa shape index (κ3) is 3.79. The number of rotatable bonds is 5. The highest BCUT2D eigenvalue weighted by Gasteiger charge is 2.24. The van der Waals surface area contributed by atoms with Gasteiger partial charge in [0.2, 0.25) is 5.13 Å². The van der Waals surface area contributed by atoms with E-state index >= 15 is 0 Å². The Kier molecular flexibility index (Phi) is 4.46. The zero-order chi connectivity index (χ0) is 14.5. The monoisotopic (exact) mass is 308 g/mol. The van der Waals surface area contributed by atoms with Gasteiger partial charge in [0.1, 0.15) is 11.3 Å². The smallest absolute Gasteiger partial charge is 0.324 e. The van der Waals surface area contributed by atoms with Crippen LogP contribution in [-0.4, -0.2) is 40.4 Å². The van der Waals surface area contributed by atoms with Gasteiger partial charge in [-0.05, 0) is 25.0 Å². The van der Waals surface area contributed by atoms with E-state index in [1.54, 1.807) is 16.7 Å². The molecule has 1 aliphatic heterocycles. The maximum absolute atomic E-state index is 12.4. The van der Waals surface area contributed by atoms with Crippen LogP contribution in [0.2, 0.25) is 0 Å². The number of anilines is 1. The zero-order valence-electron chi connectivity index (χ0n) is 11.4. The first-order chi connectivity index (χ1) is 10.3. The third-order valence-electron chi connectivity index (χ3n) is 3.24. The number of amides is 2. The molecule has 2 aromatic heterocycles. The van der Waals surface area contributed by atoms with Crippen molar-refractivity contribution in [3.8, 4) is 0 Å². The molecule has 1 unspecified atom stereocenters. The van der Waals surface area contributed by atoms with Gasteiger partial charge in [0.25, 0.3) is 0 Å². The number of furan rings is 1. The van der Waals surface area contributed by atoms with E-state index in [4.69, 9.17) is 9.15 Å². The van der Waals surface area contributed by atoms with E-state index in [0.29, 0.717) is 18.2 Å². The molecule has 0 spiro atoms. The van der Waals surface area contributed by atoms with Crippen LogP contribution in [0.4, 0.5) is 9.93 Å². The van der Waals surface area contributed by atoms with Crippen molar-refractivity contribution in [1.82, 2.24) is 15.1 Å². The summed E-state index contributed by atoms with van der Waals surface area (Å²) < 4.78 is 10.9. The van der Waals surface area contributed by atoms with E-state index in [9.17, 15) is 4.79 Å². The molecule has 3 heterocycles. The summed E-state index contributed by atoms with van der Waals surface area (Å²) in [6.07, 6.45) is 3.69. The van der Waals surface area contributed by atoms with Crippen LogP contribution in [0.3, 0.4) is 0 Å². The summed E-state index contributed by atoms with van der Waals surface area (Å²) >= 11 is 1.28. The molecule has 2 aromatic rings. The van der Waals surface area contributed by atoms with Crippen LogP contribution in [0, 0.1) is 0 Å². The molecule has 0 radical (unpaired) electrons. The van der Waals surface area contributed by atoms with Crippen molar-refractivity contribution in [3.63, 3.8) is 0 Å². The second kappa shape index (κ2) is 6.68. The number of nitrogens with one attached hydrogen (secondary N) is 1. The van der Waals surface area contributed by atoms with Crippen molar-refractivity contribution < 1.29 is 13.9 Å². The van der Waals surface area contributed by atoms with Crippen molar-refractivity contribution in [2.24, 2.45) is 0 Å². The Labute approximate surface area is 125 Å². The lowest BCUT2D eigenvalue weighted by molar-refractivity contribution is 0.0803. The minimum Gasteiger partial charge on any atom is -0.467 e. The third-order valence-corrected chi connectivity index (χ3v) is 3.84. The van der Waals surface area contributed by atoms with Gasteiger partial charge in [-0.2, -0.15) is 0 Å². The summed E-state index contributed by atoms with van der Waals surface area (Å²) in [5.74, 6) is 0.736. The Hall–Kier alpha value is -1.93. The van der Waals surface area contributed by atoms with E-state index < -0.39 is 0 Å². The average Bonchev–Trinajstić information content (AvgIpc) is 3.21. The number of hydrogen-bond donors (Lipinski definition) is 1. The SMILES string of the molecule is O=C(Nc1nncs1)N(Cc1ccco1)CC1CCCO1. The lowest BCUT2D eigenvalue weighted by atomic mass is 10.2. The molecule has 1 N–H and O–H groups in total. The van der Waals surface area contributed by atoms with E-state index in [0.717, 1.165) is 25.2 Å². The molecule has 8 heteroatoms. The lowest BCUT2D eigenvalue weighted by Gasteiger charge is -2.24. The molecule has 1 atom stereocenters. The van der Waals surface area contributed by atoms with Gasteiger partial charge < -0.3 is 14.1 Å². The molecule has 0 aromatic carbocycles. The molecule has 1 saturated heterocycles. The highest BCUT2D eigenvalue weighted by atomic mass is 32.1. The number of urea groups is 1. The Balaban J connectivity index is 1.66. The van der Waals surface area contributed by atoms with Gasteiger partial charge in [-0.1, -0.05) is 11.3 Å². The molecule has 21 heavy (non-hydrogen) atoms. The quantitative estimate of drug-likeness (QED) is 0.917. The molecule has 0 bridgehead atoms. The number of carbonyl (C=O) groups is 1. The molecule has 0 saturated carbocycles. The maximum atomic E-state index is 12.4. The molecule has 1 aliphatic rings. The first-order valence-electron chi connectivity index (χ1n) is 6.77. The van der Waals surface area contributed by atoms with Crippen LogP contribution >= 0.6 is 11.3 Å². The molecule has 0 aliphatic carbocycles. The van der Waals surface area contributed by atoms with Crippen molar-refractivity contribution in [2.75, 3.05) is 18.5 Å². The van der Waals surface area contributed by atoms with E-state index in [1.807, 2.05) is 12.1 Å². The van der Waals surface area contributed by atoms with E-state index in [1.165, 1.54) is 11.3 Å². The molecule has 7 nitrogen and oxygen atoms in total. The number of ether oxygens (including phenoxy) is 1. The van der Waals surface area contributed by atoms with Crippen molar-refractivity contribution in [3.05, 3.63) is 29.7 Å². The lowest BCUT2D eigenvalue weighted by Crippen LogP contribution is -2.39. The molecular formula is C13H16N4O3S. The molecule has 2 amide bonds. The molecule has 3 rings (SSSR count). The summed E-state index contributed by atoms with van der Waals surface area (Å²) in [6, 6.07) is 3.43. The first kappa shape index (κ1) is 14.0. The van der Waals surface area contributed by atoms with Gasteiger partial charge in [-0.15, -0.1) is 10.2 Å². The van der Waals surface area contributed by atoms with Crippen molar-refractivity contribution in [1.29, 1.82) is 0 Å². The standard InChI is InChI=1S/C13H16N4O3S/c18-13(15-12-16-14-9-21-12)17(7-10-3-1-5-19-10)8-11-4-2-6-20-11/h1,3,5,9,11H,2,4,6-8H2,(H,15,16,18). The van der Waals surface area contributed by atoms with Crippen LogP contribution in [0.25, 0.3) is 0 Å². The van der Waals surface area contributed by atoms with Crippen LogP contribution in [0.15, 0.2) is 28.3 Å². The fourth-order valence-electron chi connectivity index (χ4n) is 2.24. The van der Waals surface area contributed by atoms with Crippen molar-refractivity contribution >= 4 is 22.5 Å². The maximum Gasteiger partial charge on any atom is 0.324 e. The van der Waals surface area contributed by atoms with Crippen LogP contribution in [-0.2, 0) is 11.3 Å². The second-order valence-electron chi connectivity index (χ2n) is 4.77. The Morgan fingerprint density at radius 1 is 1.57 bits per heavy atom. The Morgan fingerprint density at radius 3 is 3.19 bits per heavy atom. The number of nitrogens with zero attached hydrogens (tertiary/aromatic N) is 3. The zero-order valence-corrected chi connectivity index (χ0v) is 12.2. The molecular weight excluding hydrogens is 292 g/mol. The number of aromatic nitrogens is 2. The fourth-order valence-corrected chi connectivity index (χ4v) is 2.68. The summed E-state index contributed by atoms with van der Waals surface area (Å²) in [6.45, 7) is 1.69. The normalized spacial score (nSPS) is 17.8. The van der Waals surface area contributed by atoms with Gasteiger partial charge in [0.15, 0.2) is 0 Å². The minimum absolute atomic E-state index is 0.0835. The van der Waals surface area contributed by atoms with Crippen LogP contribution in [0.1, 0.15) is 18.6 Å². The summed E-state index contributed by atoms with van der Waals surface area (Å²) in [4.78, 5) is 14.1. The highest BCUT2D eigenvalue weighted by Crippen LogP contribution is 2.17. The largest absolute Gasteiger partial charge is 0.467 e. The van der Waals surface area contributed by atoms with Gasteiger partial charge in [-0.3, -0.25) is 5.32 Å². The first-order valence-corrected chi connectivity index (χ1v) is 7.65. The number of hydrogen-bond acceptors (Lipinski definition) is 6.